The van der Waals surface area contributed by atoms with Crippen molar-refractivity contribution in [3.05, 3.63) is 71.1 Å². The normalized spacial score (nSPS) is 14.3. The summed E-state index contributed by atoms with van der Waals surface area (Å²) in [6.45, 7) is 3.58. The van der Waals surface area contributed by atoms with Crippen LogP contribution in [-0.2, 0) is 4.79 Å². The molecule has 3 heterocycles. The fourth-order valence-corrected chi connectivity index (χ4v) is 4.74. The number of benzene rings is 2. The lowest BCUT2D eigenvalue weighted by Gasteiger charge is -2.27. The van der Waals surface area contributed by atoms with Gasteiger partial charge in [0.15, 0.2) is 0 Å². The number of fused-ring (bicyclic) bond motifs is 2. The predicted molar refractivity (Wildman–Crippen MR) is 120 cm³/mol. The minimum atomic E-state index is -0.988. The van der Waals surface area contributed by atoms with Crippen LogP contribution in [0.2, 0.25) is 0 Å². The molecule has 1 unspecified atom stereocenters. The number of imide groups is 1. The molecule has 0 aliphatic carbocycles. The number of rotatable bonds is 5. The number of anilines is 1. The molecule has 2 aromatic heterocycles. The highest BCUT2D eigenvalue weighted by Gasteiger charge is 2.44. The van der Waals surface area contributed by atoms with Crippen LogP contribution in [0.4, 0.5) is 5.95 Å². The second-order valence-electron chi connectivity index (χ2n) is 7.82. The molecule has 32 heavy (non-hydrogen) atoms. The summed E-state index contributed by atoms with van der Waals surface area (Å²) >= 11 is 1.41. The maximum Gasteiger partial charge on any atom is 0.262 e. The van der Waals surface area contributed by atoms with Gasteiger partial charge in [0.25, 0.3) is 17.8 Å². The summed E-state index contributed by atoms with van der Waals surface area (Å²) in [6, 6.07) is 15.4. The minimum absolute atomic E-state index is 0.126. The molecule has 160 valence electrons. The van der Waals surface area contributed by atoms with Gasteiger partial charge in [-0.25, -0.2) is 4.52 Å². The van der Waals surface area contributed by atoms with Crippen LogP contribution in [0, 0.1) is 5.92 Å². The quantitative estimate of drug-likeness (QED) is 0.472. The fraction of sp³-hybridized carbons (Fsp3) is 0.174. The predicted octanol–water partition coefficient (Wildman–Crippen LogP) is 3.72. The summed E-state index contributed by atoms with van der Waals surface area (Å²) in [5.74, 6) is -1.62. The molecular weight excluding hydrogens is 426 g/mol. The van der Waals surface area contributed by atoms with Gasteiger partial charge in [0, 0.05) is 10.9 Å². The highest BCUT2D eigenvalue weighted by atomic mass is 32.1. The molecule has 0 bridgehead atoms. The van der Waals surface area contributed by atoms with Crippen LogP contribution in [0.5, 0.6) is 0 Å². The van der Waals surface area contributed by atoms with Gasteiger partial charge in [0.1, 0.15) is 6.04 Å². The molecule has 5 rings (SSSR count). The Bertz CT molecular complexity index is 1320. The monoisotopic (exact) mass is 445 g/mol. The molecule has 3 amide bonds. The first-order chi connectivity index (χ1) is 15.5. The molecular formula is C23H19N5O3S. The van der Waals surface area contributed by atoms with E-state index in [1.54, 1.807) is 42.6 Å². The largest absolute Gasteiger partial charge is 0.291 e. The van der Waals surface area contributed by atoms with E-state index < -0.39 is 23.8 Å². The standard InChI is InChI=1S/C23H19N5O3S/c1-13(2)18(27-20(30)15-10-6-7-11-16(15)21(27)31)19(29)24-22-25-23-28(26-22)17(12-32-23)14-8-4-3-5-9-14/h3-13,18H,1-2H3,(H,24,26,29). The van der Waals surface area contributed by atoms with Crippen molar-refractivity contribution in [2.45, 2.75) is 19.9 Å². The van der Waals surface area contributed by atoms with Gasteiger partial charge in [-0.15, -0.1) is 16.4 Å². The summed E-state index contributed by atoms with van der Waals surface area (Å²) in [6.07, 6.45) is 0. The van der Waals surface area contributed by atoms with Gasteiger partial charge in [-0.1, -0.05) is 56.3 Å². The van der Waals surface area contributed by atoms with Gasteiger partial charge in [0.05, 0.1) is 16.8 Å². The Kier molecular flexibility index (Phi) is 4.82. The van der Waals surface area contributed by atoms with Crippen molar-refractivity contribution >= 4 is 40.0 Å². The van der Waals surface area contributed by atoms with E-state index in [4.69, 9.17) is 0 Å². The average Bonchev–Trinajstić information content (AvgIpc) is 3.43. The SMILES string of the molecule is CC(C)C(C(=O)Nc1nc2scc(-c3ccccc3)n2n1)N1C(=O)c2ccccc2C1=O. The Hall–Kier alpha value is -3.85. The lowest BCUT2D eigenvalue weighted by Crippen LogP contribution is -2.50. The van der Waals surface area contributed by atoms with Crippen molar-refractivity contribution in [2.75, 3.05) is 5.32 Å². The maximum absolute atomic E-state index is 13.2. The summed E-state index contributed by atoms with van der Waals surface area (Å²) < 4.78 is 1.67. The average molecular weight is 446 g/mol. The molecule has 0 saturated heterocycles. The number of amides is 3. The van der Waals surface area contributed by atoms with E-state index in [-0.39, 0.29) is 11.9 Å². The van der Waals surface area contributed by atoms with E-state index in [1.807, 2.05) is 35.7 Å². The molecule has 1 N–H and O–H groups in total. The zero-order chi connectivity index (χ0) is 22.4. The first-order valence-corrected chi connectivity index (χ1v) is 11.0. The molecule has 0 saturated carbocycles. The summed E-state index contributed by atoms with van der Waals surface area (Å²) in [5.41, 5.74) is 2.46. The molecule has 1 aliphatic heterocycles. The zero-order valence-electron chi connectivity index (χ0n) is 17.4. The number of hydrogen-bond acceptors (Lipinski definition) is 6. The number of nitrogens with one attached hydrogen (secondary N) is 1. The summed E-state index contributed by atoms with van der Waals surface area (Å²) in [4.78, 5) is 45.1. The minimum Gasteiger partial charge on any atom is -0.291 e. The Morgan fingerprint density at radius 1 is 0.969 bits per heavy atom. The van der Waals surface area contributed by atoms with E-state index >= 15 is 0 Å². The van der Waals surface area contributed by atoms with E-state index in [0.717, 1.165) is 16.2 Å². The number of nitrogens with zero attached hydrogens (tertiary/aromatic N) is 4. The fourth-order valence-electron chi connectivity index (χ4n) is 3.90. The molecule has 8 nitrogen and oxygen atoms in total. The number of aromatic nitrogens is 3. The third-order valence-electron chi connectivity index (χ3n) is 5.39. The third-order valence-corrected chi connectivity index (χ3v) is 6.21. The van der Waals surface area contributed by atoms with Crippen LogP contribution in [-0.4, -0.2) is 43.3 Å². The van der Waals surface area contributed by atoms with Gasteiger partial charge in [-0.2, -0.15) is 4.98 Å². The van der Waals surface area contributed by atoms with E-state index in [0.29, 0.717) is 16.1 Å². The first-order valence-electron chi connectivity index (χ1n) is 10.1. The molecule has 1 aliphatic rings. The van der Waals surface area contributed by atoms with Gasteiger partial charge in [0.2, 0.25) is 10.9 Å². The Labute approximate surface area is 187 Å². The van der Waals surface area contributed by atoms with Gasteiger partial charge >= 0.3 is 0 Å². The van der Waals surface area contributed by atoms with Crippen LogP contribution < -0.4 is 5.32 Å². The molecule has 1 atom stereocenters. The Morgan fingerprint density at radius 3 is 2.22 bits per heavy atom. The third kappa shape index (κ3) is 3.18. The first kappa shape index (κ1) is 20.1. The van der Waals surface area contributed by atoms with Gasteiger partial charge in [-0.3, -0.25) is 24.6 Å². The lowest BCUT2D eigenvalue weighted by atomic mass is 10.0. The second kappa shape index (κ2) is 7.69. The van der Waals surface area contributed by atoms with Crippen LogP contribution in [0.1, 0.15) is 34.6 Å². The molecule has 0 spiro atoms. The highest BCUT2D eigenvalue weighted by molar-refractivity contribution is 7.15. The topological polar surface area (TPSA) is 96.7 Å². The van der Waals surface area contributed by atoms with E-state index in [1.165, 1.54) is 11.3 Å². The number of carbonyl (C=O) groups excluding carboxylic acids is 3. The number of hydrogen-bond donors (Lipinski definition) is 1. The van der Waals surface area contributed by atoms with Crippen LogP contribution in [0.15, 0.2) is 60.0 Å². The van der Waals surface area contributed by atoms with Gasteiger partial charge < -0.3 is 0 Å². The molecule has 4 aromatic rings. The highest BCUT2D eigenvalue weighted by Crippen LogP contribution is 2.29. The lowest BCUT2D eigenvalue weighted by molar-refractivity contribution is -0.121. The second-order valence-corrected chi connectivity index (χ2v) is 8.66. The number of carbonyl (C=O) groups is 3. The van der Waals surface area contributed by atoms with Crippen LogP contribution >= 0.6 is 11.3 Å². The van der Waals surface area contributed by atoms with Crippen molar-refractivity contribution in [3.63, 3.8) is 0 Å². The van der Waals surface area contributed by atoms with E-state index in [2.05, 4.69) is 15.4 Å². The van der Waals surface area contributed by atoms with Crippen molar-refractivity contribution in [1.29, 1.82) is 0 Å². The van der Waals surface area contributed by atoms with Crippen LogP contribution in [0.25, 0.3) is 16.2 Å². The smallest absolute Gasteiger partial charge is 0.262 e. The molecule has 0 fully saturated rings. The molecule has 2 aromatic carbocycles. The van der Waals surface area contributed by atoms with Gasteiger partial charge in [-0.05, 0) is 18.1 Å². The maximum atomic E-state index is 13.2. The van der Waals surface area contributed by atoms with E-state index in [9.17, 15) is 14.4 Å². The zero-order valence-corrected chi connectivity index (χ0v) is 18.2. The van der Waals surface area contributed by atoms with Crippen molar-refractivity contribution in [1.82, 2.24) is 19.5 Å². The Morgan fingerprint density at radius 2 is 1.59 bits per heavy atom. The van der Waals surface area contributed by atoms with Crippen molar-refractivity contribution in [2.24, 2.45) is 5.92 Å². The van der Waals surface area contributed by atoms with Crippen molar-refractivity contribution < 1.29 is 14.4 Å². The molecule has 9 heteroatoms. The number of thiazole rings is 1. The van der Waals surface area contributed by atoms with Crippen molar-refractivity contribution in [3.8, 4) is 11.3 Å². The Balaban J connectivity index is 1.43. The summed E-state index contributed by atoms with van der Waals surface area (Å²) in [5, 5.41) is 9.08. The summed E-state index contributed by atoms with van der Waals surface area (Å²) in [7, 11) is 0. The van der Waals surface area contributed by atoms with Crippen LogP contribution in [0.3, 0.4) is 0 Å². The molecule has 0 radical (unpaired) electrons.